The lowest BCUT2D eigenvalue weighted by molar-refractivity contribution is 0.320. The van der Waals surface area contributed by atoms with Crippen molar-refractivity contribution in [2.75, 3.05) is 13.1 Å². The van der Waals surface area contributed by atoms with Crippen molar-refractivity contribution in [3.63, 3.8) is 0 Å². The molecule has 0 aliphatic carbocycles. The van der Waals surface area contributed by atoms with E-state index in [1.54, 1.807) is 11.3 Å². The van der Waals surface area contributed by atoms with Crippen LogP contribution in [0.25, 0.3) is 0 Å². The third kappa shape index (κ3) is 3.69. The SMILES string of the molecule is CCN(CC(N)=S)Cc1nc(C)cs1. The van der Waals surface area contributed by atoms with Crippen molar-refractivity contribution < 1.29 is 0 Å². The number of likely N-dealkylation sites (N-methyl/N-ethyl adjacent to an activating group) is 1. The summed E-state index contributed by atoms with van der Waals surface area (Å²) in [6, 6.07) is 0. The molecule has 0 bridgehead atoms. The van der Waals surface area contributed by atoms with Crippen molar-refractivity contribution in [1.29, 1.82) is 0 Å². The summed E-state index contributed by atoms with van der Waals surface area (Å²) < 4.78 is 0. The Balaban J connectivity index is 2.52. The molecule has 0 saturated carbocycles. The molecule has 0 spiro atoms. The molecular weight excluding hydrogens is 214 g/mol. The maximum Gasteiger partial charge on any atom is 0.107 e. The summed E-state index contributed by atoms with van der Waals surface area (Å²) in [4.78, 5) is 7.12. The van der Waals surface area contributed by atoms with Crippen LogP contribution in [0.15, 0.2) is 5.38 Å². The van der Waals surface area contributed by atoms with Gasteiger partial charge in [0.25, 0.3) is 0 Å². The third-order valence-corrected chi connectivity index (χ3v) is 2.93. The Morgan fingerprint density at radius 1 is 1.71 bits per heavy atom. The Labute approximate surface area is 93.9 Å². The van der Waals surface area contributed by atoms with Gasteiger partial charge in [0, 0.05) is 17.6 Å². The van der Waals surface area contributed by atoms with E-state index in [2.05, 4.69) is 22.2 Å². The number of nitrogens with zero attached hydrogens (tertiary/aromatic N) is 2. The second kappa shape index (κ2) is 5.38. The molecule has 1 heterocycles. The van der Waals surface area contributed by atoms with Crippen molar-refractivity contribution >= 4 is 28.5 Å². The molecule has 0 amide bonds. The Hall–Kier alpha value is -0.520. The van der Waals surface area contributed by atoms with Crippen LogP contribution in [-0.2, 0) is 6.54 Å². The van der Waals surface area contributed by atoms with E-state index in [4.69, 9.17) is 18.0 Å². The van der Waals surface area contributed by atoms with Crippen molar-refractivity contribution in [2.45, 2.75) is 20.4 Å². The van der Waals surface area contributed by atoms with Gasteiger partial charge in [-0.2, -0.15) is 0 Å². The first kappa shape index (κ1) is 11.6. The van der Waals surface area contributed by atoms with E-state index in [1.807, 2.05) is 6.92 Å². The Kier molecular flexibility index (Phi) is 4.44. The minimum absolute atomic E-state index is 0.542. The molecule has 1 aromatic rings. The number of hydrogen-bond donors (Lipinski definition) is 1. The second-order valence-corrected chi connectivity index (χ2v) is 4.62. The summed E-state index contributed by atoms with van der Waals surface area (Å²) in [6.07, 6.45) is 0. The molecule has 78 valence electrons. The summed E-state index contributed by atoms with van der Waals surface area (Å²) in [7, 11) is 0. The van der Waals surface area contributed by atoms with Crippen LogP contribution in [0.4, 0.5) is 0 Å². The number of nitrogens with two attached hydrogens (primary N) is 1. The number of thiocarbonyl (C=S) groups is 1. The minimum atomic E-state index is 0.542. The highest BCUT2D eigenvalue weighted by Crippen LogP contribution is 2.11. The largest absolute Gasteiger partial charge is 0.392 e. The molecule has 3 nitrogen and oxygen atoms in total. The average molecular weight is 229 g/mol. The monoisotopic (exact) mass is 229 g/mol. The Bertz CT molecular complexity index is 309. The first-order chi connectivity index (χ1) is 6.61. The van der Waals surface area contributed by atoms with Crippen LogP contribution in [-0.4, -0.2) is 28.0 Å². The fraction of sp³-hybridized carbons (Fsp3) is 0.556. The van der Waals surface area contributed by atoms with Crippen LogP contribution < -0.4 is 5.73 Å². The van der Waals surface area contributed by atoms with Crippen LogP contribution in [0.3, 0.4) is 0 Å². The van der Waals surface area contributed by atoms with E-state index in [0.29, 0.717) is 11.5 Å². The highest BCUT2D eigenvalue weighted by Gasteiger charge is 2.07. The fourth-order valence-electron chi connectivity index (χ4n) is 1.17. The Morgan fingerprint density at radius 2 is 2.43 bits per heavy atom. The van der Waals surface area contributed by atoms with Gasteiger partial charge in [-0.25, -0.2) is 4.98 Å². The topological polar surface area (TPSA) is 42.1 Å². The number of aromatic nitrogens is 1. The van der Waals surface area contributed by atoms with Crippen molar-refractivity contribution in [3.8, 4) is 0 Å². The van der Waals surface area contributed by atoms with Crippen molar-refractivity contribution in [2.24, 2.45) is 5.73 Å². The van der Waals surface area contributed by atoms with E-state index in [9.17, 15) is 0 Å². The molecule has 0 aromatic carbocycles. The maximum absolute atomic E-state index is 5.50. The molecule has 0 fully saturated rings. The normalized spacial score (nSPS) is 10.8. The highest BCUT2D eigenvalue weighted by atomic mass is 32.1. The molecule has 0 atom stereocenters. The van der Waals surface area contributed by atoms with Gasteiger partial charge in [-0.15, -0.1) is 11.3 Å². The molecule has 0 aliphatic heterocycles. The van der Waals surface area contributed by atoms with Gasteiger partial charge in [0.2, 0.25) is 0 Å². The quantitative estimate of drug-likeness (QED) is 0.778. The lowest BCUT2D eigenvalue weighted by Crippen LogP contribution is -2.32. The molecule has 1 rings (SSSR count). The molecule has 1 aromatic heterocycles. The molecule has 5 heteroatoms. The molecule has 0 aliphatic rings. The summed E-state index contributed by atoms with van der Waals surface area (Å²) in [5.41, 5.74) is 6.58. The number of aryl methyl sites for hydroxylation is 1. The van der Waals surface area contributed by atoms with E-state index >= 15 is 0 Å². The molecule has 2 N–H and O–H groups in total. The lowest BCUT2D eigenvalue weighted by atomic mass is 10.4. The minimum Gasteiger partial charge on any atom is -0.392 e. The van der Waals surface area contributed by atoms with E-state index < -0.39 is 0 Å². The Morgan fingerprint density at radius 3 is 2.86 bits per heavy atom. The standard InChI is InChI=1S/C9H15N3S2/c1-3-12(4-8(10)13)5-9-11-7(2)6-14-9/h6H,3-5H2,1-2H3,(H2,10,13). The van der Waals surface area contributed by atoms with E-state index in [-0.39, 0.29) is 0 Å². The van der Waals surface area contributed by atoms with Gasteiger partial charge in [0.15, 0.2) is 0 Å². The molecular formula is C9H15N3S2. The summed E-state index contributed by atoms with van der Waals surface area (Å²) in [5, 5.41) is 3.19. The van der Waals surface area contributed by atoms with Crippen LogP contribution in [0, 0.1) is 6.92 Å². The first-order valence-corrected chi connectivity index (χ1v) is 5.82. The third-order valence-electron chi connectivity index (χ3n) is 1.85. The van der Waals surface area contributed by atoms with E-state index in [0.717, 1.165) is 23.8 Å². The zero-order valence-corrected chi connectivity index (χ0v) is 10.1. The van der Waals surface area contributed by atoms with Crippen LogP contribution in [0.1, 0.15) is 17.6 Å². The fourth-order valence-corrected chi connectivity index (χ4v) is 2.16. The van der Waals surface area contributed by atoms with Gasteiger partial charge >= 0.3 is 0 Å². The van der Waals surface area contributed by atoms with E-state index in [1.165, 1.54) is 0 Å². The lowest BCUT2D eigenvalue weighted by Gasteiger charge is -2.17. The number of thiazole rings is 1. The summed E-state index contributed by atoms with van der Waals surface area (Å²) in [6.45, 7) is 6.55. The van der Waals surface area contributed by atoms with Crippen LogP contribution >= 0.6 is 23.6 Å². The van der Waals surface area contributed by atoms with Crippen molar-refractivity contribution in [1.82, 2.24) is 9.88 Å². The van der Waals surface area contributed by atoms with Gasteiger partial charge in [0.05, 0.1) is 11.5 Å². The molecule has 0 saturated heterocycles. The smallest absolute Gasteiger partial charge is 0.107 e. The molecule has 14 heavy (non-hydrogen) atoms. The predicted molar refractivity (Wildman–Crippen MR) is 64.6 cm³/mol. The van der Waals surface area contributed by atoms with Crippen molar-refractivity contribution in [3.05, 3.63) is 16.1 Å². The average Bonchev–Trinajstić information content (AvgIpc) is 2.49. The summed E-state index contributed by atoms with van der Waals surface area (Å²) >= 11 is 6.56. The second-order valence-electron chi connectivity index (χ2n) is 3.15. The van der Waals surface area contributed by atoms with Gasteiger partial charge in [-0.1, -0.05) is 19.1 Å². The van der Waals surface area contributed by atoms with Gasteiger partial charge in [-0.3, -0.25) is 4.90 Å². The zero-order valence-electron chi connectivity index (χ0n) is 8.49. The highest BCUT2D eigenvalue weighted by molar-refractivity contribution is 7.80. The first-order valence-electron chi connectivity index (χ1n) is 4.53. The van der Waals surface area contributed by atoms with Crippen LogP contribution in [0.2, 0.25) is 0 Å². The zero-order chi connectivity index (χ0) is 10.6. The summed E-state index contributed by atoms with van der Waals surface area (Å²) in [5.74, 6) is 0. The number of hydrogen-bond acceptors (Lipinski definition) is 4. The maximum atomic E-state index is 5.50. The van der Waals surface area contributed by atoms with Crippen LogP contribution in [0.5, 0.6) is 0 Å². The molecule has 0 unspecified atom stereocenters. The van der Waals surface area contributed by atoms with Gasteiger partial charge in [0.1, 0.15) is 5.01 Å². The molecule has 0 radical (unpaired) electrons. The predicted octanol–water partition coefficient (Wildman–Crippen LogP) is 1.56. The van der Waals surface area contributed by atoms with Gasteiger partial charge in [-0.05, 0) is 13.5 Å². The van der Waals surface area contributed by atoms with Gasteiger partial charge < -0.3 is 5.73 Å². The number of rotatable bonds is 5.